The lowest BCUT2D eigenvalue weighted by atomic mass is 10.1. The summed E-state index contributed by atoms with van der Waals surface area (Å²) in [7, 11) is 1.40. The number of rotatable bonds is 4. The number of pyridine rings is 2. The van der Waals surface area contributed by atoms with E-state index in [2.05, 4.69) is 30.6 Å². The number of nitrogens with one attached hydrogen (secondary N) is 2. The van der Waals surface area contributed by atoms with Crippen molar-refractivity contribution in [2.24, 2.45) is 0 Å². The first-order chi connectivity index (χ1) is 15.3. The lowest BCUT2D eigenvalue weighted by Crippen LogP contribution is -2.20. The highest BCUT2D eigenvalue weighted by molar-refractivity contribution is 6.01. The van der Waals surface area contributed by atoms with E-state index < -0.39 is 17.7 Å². The van der Waals surface area contributed by atoms with Crippen molar-refractivity contribution < 1.29 is 18.3 Å². The Hall–Kier alpha value is -4.41. The summed E-state index contributed by atoms with van der Waals surface area (Å²) < 4.78 is 32.1. The number of urea groups is 1. The zero-order valence-electron chi connectivity index (χ0n) is 17.0. The van der Waals surface area contributed by atoms with E-state index in [9.17, 15) is 13.6 Å². The van der Waals surface area contributed by atoms with Gasteiger partial charge in [-0.1, -0.05) is 0 Å². The summed E-state index contributed by atoms with van der Waals surface area (Å²) in [6.45, 7) is 1.80. The molecule has 4 aromatic rings. The lowest BCUT2D eigenvalue weighted by molar-refractivity contribution is 0.262. The smallest absolute Gasteiger partial charge is 0.323 e. The van der Waals surface area contributed by atoms with Gasteiger partial charge in [0, 0.05) is 35.0 Å². The molecule has 0 aliphatic carbocycles. The SMILES string of the molecule is COc1ncc(-c2cnc3nc(N)nc(C)c3c2)cc1NC(=O)Nc1ccc(F)cc1F. The first-order valence-electron chi connectivity index (χ1n) is 9.31. The molecule has 0 unspecified atom stereocenters. The average Bonchev–Trinajstić information content (AvgIpc) is 2.75. The normalized spacial score (nSPS) is 10.8. The van der Waals surface area contributed by atoms with E-state index >= 15 is 0 Å². The number of ether oxygens (including phenoxy) is 1. The van der Waals surface area contributed by atoms with Gasteiger partial charge in [-0.3, -0.25) is 0 Å². The van der Waals surface area contributed by atoms with Gasteiger partial charge in [-0.05, 0) is 31.2 Å². The van der Waals surface area contributed by atoms with E-state index in [4.69, 9.17) is 10.5 Å². The maximum Gasteiger partial charge on any atom is 0.323 e. The summed E-state index contributed by atoms with van der Waals surface area (Å²) >= 11 is 0. The molecule has 162 valence electrons. The number of nitrogens with zero attached hydrogens (tertiary/aromatic N) is 4. The zero-order valence-corrected chi connectivity index (χ0v) is 17.0. The maximum atomic E-state index is 13.8. The van der Waals surface area contributed by atoms with Crippen LogP contribution in [-0.2, 0) is 0 Å². The largest absolute Gasteiger partial charge is 0.480 e. The first kappa shape index (κ1) is 20.8. The van der Waals surface area contributed by atoms with E-state index in [1.54, 1.807) is 25.4 Å². The van der Waals surface area contributed by atoms with Crippen LogP contribution < -0.4 is 21.1 Å². The topological polar surface area (TPSA) is 128 Å². The fraction of sp³-hybridized carbons (Fsp3) is 0.0952. The Kier molecular flexibility index (Phi) is 5.46. The molecule has 0 atom stereocenters. The third-order valence-corrected chi connectivity index (χ3v) is 4.56. The predicted molar refractivity (Wildman–Crippen MR) is 115 cm³/mol. The molecule has 0 aliphatic heterocycles. The van der Waals surface area contributed by atoms with Crippen LogP contribution in [0.3, 0.4) is 0 Å². The first-order valence-corrected chi connectivity index (χ1v) is 9.31. The number of benzene rings is 1. The molecule has 11 heteroatoms. The number of anilines is 3. The second-order valence-electron chi connectivity index (χ2n) is 6.75. The van der Waals surface area contributed by atoms with Crippen molar-refractivity contribution in [3.05, 3.63) is 60.1 Å². The molecule has 2 amide bonds. The summed E-state index contributed by atoms with van der Waals surface area (Å²) in [5.41, 5.74) is 8.16. The maximum absolute atomic E-state index is 13.8. The molecule has 0 bridgehead atoms. The van der Waals surface area contributed by atoms with Crippen LogP contribution in [0.15, 0.2) is 42.7 Å². The number of fused-ring (bicyclic) bond motifs is 1. The third-order valence-electron chi connectivity index (χ3n) is 4.56. The summed E-state index contributed by atoms with van der Waals surface area (Å²) in [4.78, 5) is 29.2. The van der Waals surface area contributed by atoms with Crippen molar-refractivity contribution in [2.45, 2.75) is 6.92 Å². The van der Waals surface area contributed by atoms with Gasteiger partial charge < -0.3 is 21.1 Å². The summed E-state index contributed by atoms with van der Waals surface area (Å²) in [6, 6.07) is 5.52. The number of hydrogen-bond donors (Lipinski definition) is 3. The molecule has 0 aliphatic rings. The monoisotopic (exact) mass is 437 g/mol. The number of amides is 2. The minimum absolute atomic E-state index is 0.136. The van der Waals surface area contributed by atoms with E-state index in [1.807, 2.05) is 6.07 Å². The molecule has 32 heavy (non-hydrogen) atoms. The Morgan fingerprint density at radius 3 is 2.47 bits per heavy atom. The van der Waals surface area contributed by atoms with Gasteiger partial charge in [-0.15, -0.1) is 0 Å². The number of halogens is 2. The van der Waals surface area contributed by atoms with Crippen LogP contribution in [0.2, 0.25) is 0 Å². The van der Waals surface area contributed by atoms with Gasteiger partial charge in [0.25, 0.3) is 0 Å². The minimum atomic E-state index is -0.903. The van der Waals surface area contributed by atoms with Crippen molar-refractivity contribution in [3.8, 4) is 17.0 Å². The molecule has 0 fully saturated rings. The summed E-state index contributed by atoms with van der Waals surface area (Å²) in [5.74, 6) is -1.38. The molecule has 0 radical (unpaired) electrons. The van der Waals surface area contributed by atoms with E-state index in [0.29, 0.717) is 33.9 Å². The Labute approximate surface area is 180 Å². The Balaban J connectivity index is 1.64. The number of nitrogens with two attached hydrogens (primary N) is 1. The van der Waals surface area contributed by atoms with Gasteiger partial charge in [0.2, 0.25) is 11.8 Å². The molecule has 9 nitrogen and oxygen atoms in total. The highest BCUT2D eigenvalue weighted by atomic mass is 19.1. The third kappa shape index (κ3) is 4.21. The minimum Gasteiger partial charge on any atom is -0.480 e. The van der Waals surface area contributed by atoms with Gasteiger partial charge in [0.05, 0.1) is 18.5 Å². The number of methoxy groups -OCH3 is 1. The van der Waals surface area contributed by atoms with Crippen LogP contribution in [0.5, 0.6) is 5.88 Å². The second-order valence-corrected chi connectivity index (χ2v) is 6.75. The fourth-order valence-corrected chi connectivity index (χ4v) is 3.07. The van der Waals surface area contributed by atoms with Crippen LogP contribution in [-0.4, -0.2) is 33.1 Å². The fourth-order valence-electron chi connectivity index (χ4n) is 3.07. The van der Waals surface area contributed by atoms with Crippen molar-refractivity contribution >= 4 is 34.4 Å². The zero-order chi connectivity index (χ0) is 22.8. The molecular formula is C21H17F2N7O2. The van der Waals surface area contributed by atoms with Crippen LogP contribution >= 0.6 is 0 Å². The van der Waals surface area contributed by atoms with Crippen LogP contribution in [0, 0.1) is 18.6 Å². The molecule has 4 rings (SSSR count). The van der Waals surface area contributed by atoms with Crippen molar-refractivity contribution in [1.29, 1.82) is 0 Å². The Morgan fingerprint density at radius 1 is 1.00 bits per heavy atom. The molecule has 3 aromatic heterocycles. The Morgan fingerprint density at radius 2 is 1.72 bits per heavy atom. The van der Waals surface area contributed by atoms with E-state index in [-0.39, 0.29) is 23.2 Å². The number of aryl methyl sites for hydroxylation is 1. The second kappa shape index (κ2) is 8.38. The molecule has 0 spiro atoms. The van der Waals surface area contributed by atoms with Crippen molar-refractivity contribution in [1.82, 2.24) is 19.9 Å². The number of carbonyl (C=O) groups is 1. The highest BCUT2D eigenvalue weighted by Gasteiger charge is 2.14. The van der Waals surface area contributed by atoms with Crippen molar-refractivity contribution in [2.75, 3.05) is 23.5 Å². The predicted octanol–water partition coefficient (Wildman–Crippen LogP) is 3.91. The van der Waals surface area contributed by atoms with Gasteiger partial charge in [-0.25, -0.2) is 28.5 Å². The number of nitrogen functional groups attached to an aromatic ring is 1. The molecule has 0 saturated carbocycles. The van der Waals surface area contributed by atoms with Crippen molar-refractivity contribution in [3.63, 3.8) is 0 Å². The van der Waals surface area contributed by atoms with Crippen LogP contribution in [0.4, 0.5) is 30.9 Å². The van der Waals surface area contributed by atoms with Gasteiger partial charge in [0.1, 0.15) is 17.3 Å². The molecule has 3 heterocycles. The van der Waals surface area contributed by atoms with E-state index in [1.165, 1.54) is 7.11 Å². The molecule has 4 N–H and O–H groups in total. The van der Waals surface area contributed by atoms with E-state index in [0.717, 1.165) is 12.1 Å². The standard InChI is InChI=1S/C21H17F2N7O2/c1-10-14-5-11(8-25-18(14)30-20(24)27-10)12-6-17(19(32-2)26-9-12)29-21(31)28-16-4-3-13(22)7-15(16)23/h3-9H,1-2H3,(H2,28,29,31)(H2,24,25,27,30). The molecule has 0 saturated heterocycles. The molecular weight excluding hydrogens is 420 g/mol. The summed E-state index contributed by atoms with van der Waals surface area (Å²) in [5, 5.41) is 5.59. The van der Waals surface area contributed by atoms with Gasteiger partial charge >= 0.3 is 6.03 Å². The number of carbonyl (C=O) groups excluding carboxylic acids is 1. The average molecular weight is 437 g/mol. The quantitative estimate of drug-likeness (QED) is 0.442. The number of hydrogen-bond acceptors (Lipinski definition) is 7. The van der Waals surface area contributed by atoms with Gasteiger partial charge in [0.15, 0.2) is 5.65 Å². The number of aromatic nitrogens is 4. The van der Waals surface area contributed by atoms with Crippen LogP contribution in [0.25, 0.3) is 22.2 Å². The lowest BCUT2D eigenvalue weighted by Gasteiger charge is -2.13. The highest BCUT2D eigenvalue weighted by Crippen LogP contribution is 2.30. The summed E-state index contributed by atoms with van der Waals surface area (Å²) in [6.07, 6.45) is 3.15. The molecule has 1 aromatic carbocycles. The van der Waals surface area contributed by atoms with Gasteiger partial charge in [-0.2, -0.15) is 4.98 Å². The Bertz CT molecular complexity index is 1350. The van der Waals surface area contributed by atoms with Crippen LogP contribution in [0.1, 0.15) is 5.69 Å².